The van der Waals surface area contributed by atoms with E-state index in [-0.39, 0.29) is 0 Å². The van der Waals surface area contributed by atoms with Crippen molar-refractivity contribution in [3.63, 3.8) is 0 Å². The van der Waals surface area contributed by atoms with Crippen LogP contribution in [0.2, 0.25) is 5.02 Å². The molecule has 1 heterocycles. The maximum Gasteiger partial charge on any atom is 0.0408 e. The molecule has 0 spiro atoms. The van der Waals surface area contributed by atoms with Crippen molar-refractivity contribution < 1.29 is 0 Å². The highest BCUT2D eigenvalue weighted by Gasteiger charge is 2.10. The van der Waals surface area contributed by atoms with E-state index >= 15 is 0 Å². The smallest absolute Gasteiger partial charge is 0.0408 e. The van der Waals surface area contributed by atoms with Crippen molar-refractivity contribution in [3.05, 3.63) is 64.9 Å². The molecule has 1 unspecified atom stereocenters. The molecule has 0 aliphatic heterocycles. The summed E-state index contributed by atoms with van der Waals surface area (Å²) in [4.78, 5) is 4.13. The Labute approximate surface area is 106 Å². The lowest BCUT2D eigenvalue weighted by atomic mass is 9.93. The van der Waals surface area contributed by atoms with Crippen molar-refractivity contribution in [3.8, 4) is 0 Å². The minimum Gasteiger partial charge on any atom is -0.330 e. The SMILES string of the molecule is NCC(Cc1cccc(Cl)c1)c1cccnc1. The molecular weight excluding hydrogens is 232 g/mol. The third-order valence-corrected chi connectivity index (χ3v) is 3.05. The lowest BCUT2D eigenvalue weighted by Crippen LogP contribution is -2.15. The van der Waals surface area contributed by atoms with Crippen LogP contribution >= 0.6 is 11.6 Å². The van der Waals surface area contributed by atoms with Gasteiger partial charge in [0.15, 0.2) is 0 Å². The van der Waals surface area contributed by atoms with E-state index in [4.69, 9.17) is 17.3 Å². The second kappa shape index (κ2) is 5.80. The summed E-state index contributed by atoms with van der Waals surface area (Å²) >= 11 is 5.97. The Balaban J connectivity index is 2.16. The summed E-state index contributed by atoms with van der Waals surface area (Å²) in [5.41, 5.74) is 8.21. The van der Waals surface area contributed by atoms with Crippen LogP contribution in [0, 0.1) is 0 Å². The Bertz CT molecular complexity index is 471. The summed E-state index contributed by atoms with van der Waals surface area (Å²) < 4.78 is 0. The highest BCUT2D eigenvalue weighted by atomic mass is 35.5. The van der Waals surface area contributed by atoms with Crippen molar-refractivity contribution in [2.24, 2.45) is 5.73 Å². The number of halogens is 1. The standard InChI is InChI=1S/C14H15ClN2/c15-14-5-1-3-11(8-14)7-13(9-16)12-4-2-6-17-10-12/h1-6,8,10,13H,7,9,16H2. The molecule has 17 heavy (non-hydrogen) atoms. The third kappa shape index (κ3) is 3.29. The van der Waals surface area contributed by atoms with E-state index in [2.05, 4.69) is 17.1 Å². The zero-order chi connectivity index (χ0) is 12.1. The molecule has 0 saturated carbocycles. The summed E-state index contributed by atoms with van der Waals surface area (Å²) in [7, 11) is 0. The number of pyridine rings is 1. The largest absolute Gasteiger partial charge is 0.330 e. The minimum atomic E-state index is 0.294. The van der Waals surface area contributed by atoms with E-state index < -0.39 is 0 Å². The van der Waals surface area contributed by atoms with Gasteiger partial charge in [0.25, 0.3) is 0 Å². The summed E-state index contributed by atoms with van der Waals surface area (Å²) in [6.07, 6.45) is 4.54. The highest BCUT2D eigenvalue weighted by Crippen LogP contribution is 2.20. The van der Waals surface area contributed by atoms with E-state index in [0.29, 0.717) is 12.5 Å². The maximum atomic E-state index is 5.97. The Morgan fingerprint density at radius 3 is 2.76 bits per heavy atom. The Morgan fingerprint density at radius 1 is 1.24 bits per heavy atom. The molecule has 2 aromatic rings. The Kier molecular flexibility index (Phi) is 4.13. The normalized spacial score (nSPS) is 12.4. The fraction of sp³-hybridized carbons (Fsp3) is 0.214. The molecule has 1 aromatic heterocycles. The van der Waals surface area contributed by atoms with Crippen molar-refractivity contribution in [2.45, 2.75) is 12.3 Å². The van der Waals surface area contributed by atoms with Gasteiger partial charge in [0.1, 0.15) is 0 Å². The molecule has 2 N–H and O–H groups in total. The van der Waals surface area contributed by atoms with Gasteiger partial charge in [-0.15, -0.1) is 0 Å². The molecule has 3 heteroatoms. The number of hydrogen-bond donors (Lipinski definition) is 1. The van der Waals surface area contributed by atoms with E-state index in [1.54, 1.807) is 6.20 Å². The molecular formula is C14H15ClN2. The third-order valence-electron chi connectivity index (χ3n) is 2.81. The van der Waals surface area contributed by atoms with Gasteiger partial charge in [0, 0.05) is 23.3 Å². The fourth-order valence-electron chi connectivity index (χ4n) is 1.90. The average Bonchev–Trinajstić information content (AvgIpc) is 2.37. The number of benzene rings is 1. The number of rotatable bonds is 4. The quantitative estimate of drug-likeness (QED) is 0.901. The monoisotopic (exact) mass is 246 g/mol. The predicted octanol–water partition coefficient (Wildman–Crippen LogP) is 3.02. The van der Waals surface area contributed by atoms with Crippen LogP contribution in [0.15, 0.2) is 48.8 Å². The van der Waals surface area contributed by atoms with Gasteiger partial charge in [-0.25, -0.2) is 0 Å². The predicted molar refractivity (Wildman–Crippen MR) is 71.2 cm³/mol. The number of nitrogens with zero attached hydrogens (tertiary/aromatic N) is 1. The van der Waals surface area contributed by atoms with E-state index in [0.717, 1.165) is 11.4 Å². The first-order valence-corrected chi connectivity index (χ1v) is 6.02. The van der Waals surface area contributed by atoms with Gasteiger partial charge >= 0.3 is 0 Å². The highest BCUT2D eigenvalue weighted by molar-refractivity contribution is 6.30. The zero-order valence-electron chi connectivity index (χ0n) is 9.51. The van der Waals surface area contributed by atoms with Gasteiger partial charge in [0.05, 0.1) is 0 Å². The van der Waals surface area contributed by atoms with Crippen LogP contribution < -0.4 is 5.73 Å². The van der Waals surface area contributed by atoms with Crippen molar-refractivity contribution in [2.75, 3.05) is 6.54 Å². The Hall–Kier alpha value is -1.38. The second-order valence-corrected chi connectivity index (χ2v) is 4.49. The van der Waals surface area contributed by atoms with Crippen LogP contribution in [-0.2, 0) is 6.42 Å². The molecule has 0 saturated heterocycles. The van der Waals surface area contributed by atoms with Crippen LogP contribution in [0.1, 0.15) is 17.0 Å². The van der Waals surface area contributed by atoms with E-state index in [9.17, 15) is 0 Å². The fourth-order valence-corrected chi connectivity index (χ4v) is 2.12. The molecule has 0 aliphatic carbocycles. The topological polar surface area (TPSA) is 38.9 Å². The summed E-state index contributed by atoms with van der Waals surface area (Å²) in [5, 5.41) is 0.768. The van der Waals surface area contributed by atoms with Gasteiger partial charge in [-0.1, -0.05) is 29.8 Å². The average molecular weight is 247 g/mol. The molecule has 2 rings (SSSR count). The molecule has 0 bridgehead atoms. The minimum absolute atomic E-state index is 0.294. The zero-order valence-corrected chi connectivity index (χ0v) is 10.3. The molecule has 0 amide bonds. The van der Waals surface area contributed by atoms with Gasteiger partial charge in [-0.2, -0.15) is 0 Å². The molecule has 0 radical (unpaired) electrons. The molecule has 1 atom stereocenters. The van der Waals surface area contributed by atoms with E-state index in [1.165, 1.54) is 11.1 Å². The van der Waals surface area contributed by atoms with Crippen LogP contribution in [0.25, 0.3) is 0 Å². The van der Waals surface area contributed by atoms with Gasteiger partial charge < -0.3 is 5.73 Å². The van der Waals surface area contributed by atoms with Gasteiger partial charge in [0.2, 0.25) is 0 Å². The first-order valence-electron chi connectivity index (χ1n) is 5.64. The molecule has 88 valence electrons. The van der Waals surface area contributed by atoms with Crippen molar-refractivity contribution in [1.29, 1.82) is 0 Å². The first kappa shape index (κ1) is 12.1. The first-order chi connectivity index (χ1) is 8.29. The van der Waals surface area contributed by atoms with Crippen molar-refractivity contribution >= 4 is 11.6 Å². The van der Waals surface area contributed by atoms with Crippen LogP contribution in [0.4, 0.5) is 0 Å². The van der Waals surface area contributed by atoms with Crippen LogP contribution in [-0.4, -0.2) is 11.5 Å². The summed E-state index contributed by atoms with van der Waals surface area (Å²) in [6.45, 7) is 0.609. The van der Waals surface area contributed by atoms with Crippen molar-refractivity contribution in [1.82, 2.24) is 4.98 Å². The Morgan fingerprint density at radius 2 is 2.12 bits per heavy atom. The van der Waals surface area contributed by atoms with Crippen LogP contribution in [0.5, 0.6) is 0 Å². The van der Waals surface area contributed by atoms with Crippen LogP contribution in [0.3, 0.4) is 0 Å². The van der Waals surface area contributed by atoms with Gasteiger partial charge in [-0.3, -0.25) is 4.98 Å². The molecule has 0 aliphatic rings. The molecule has 2 nitrogen and oxygen atoms in total. The number of hydrogen-bond acceptors (Lipinski definition) is 2. The van der Waals surface area contributed by atoms with E-state index in [1.807, 2.05) is 30.5 Å². The maximum absolute atomic E-state index is 5.97. The number of nitrogens with two attached hydrogens (primary N) is 1. The number of aromatic nitrogens is 1. The summed E-state index contributed by atoms with van der Waals surface area (Å²) in [6, 6.07) is 11.9. The second-order valence-electron chi connectivity index (χ2n) is 4.05. The molecule has 1 aromatic carbocycles. The lowest BCUT2D eigenvalue weighted by Gasteiger charge is -2.14. The lowest BCUT2D eigenvalue weighted by molar-refractivity contribution is 0.691. The summed E-state index contributed by atoms with van der Waals surface area (Å²) in [5.74, 6) is 0.294. The molecule has 0 fully saturated rings. The van der Waals surface area contributed by atoms with Gasteiger partial charge in [-0.05, 0) is 42.3 Å².